The first-order chi connectivity index (χ1) is 12.7. The molecule has 0 bridgehead atoms. The molecule has 0 aliphatic carbocycles. The molecular formula is C19H15F4N3O. The first-order valence-electron chi connectivity index (χ1n) is 7.98. The highest BCUT2D eigenvalue weighted by Crippen LogP contribution is 2.38. The molecule has 0 saturated heterocycles. The molecule has 0 aliphatic rings. The van der Waals surface area contributed by atoms with Crippen LogP contribution in [0, 0.1) is 13.8 Å². The Morgan fingerprint density at radius 3 is 2.37 bits per heavy atom. The van der Waals surface area contributed by atoms with Gasteiger partial charge < -0.3 is 5.11 Å². The van der Waals surface area contributed by atoms with Crippen LogP contribution >= 0.6 is 0 Å². The molecule has 4 nitrogen and oxygen atoms in total. The minimum Gasteiger partial charge on any atom is -0.507 e. The molecule has 0 spiro atoms. The fourth-order valence-corrected chi connectivity index (χ4v) is 2.71. The van der Waals surface area contributed by atoms with E-state index in [9.17, 15) is 22.7 Å². The number of phenols is 1. The van der Waals surface area contributed by atoms with Gasteiger partial charge in [-0.25, -0.2) is 4.39 Å². The molecule has 8 heteroatoms. The van der Waals surface area contributed by atoms with Gasteiger partial charge in [0, 0.05) is 23.5 Å². The molecular weight excluding hydrogens is 362 g/mol. The van der Waals surface area contributed by atoms with Gasteiger partial charge in [-0.2, -0.15) is 18.3 Å². The van der Waals surface area contributed by atoms with Crippen LogP contribution in [0.3, 0.4) is 0 Å². The summed E-state index contributed by atoms with van der Waals surface area (Å²) in [6.07, 6.45) is -3.20. The molecule has 1 atom stereocenters. The van der Waals surface area contributed by atoms with Crippen molar-refractivity contribution in [2.75, 3.05) is 0 Å². The summed E-state index contributed by atoms with van der Waals surface area (Å²) in [5, 5.41) is 17.9. The van der Waals surface area contributed by atoms with Crippen molar-refractivity contribution in [3.05, 3.63) is 70.7 Å². The van der Waals surface area contributed by atoms with Gasteiger partial charge in [-0.1, -0.05) is 6.07 Å². The van der Waals surface area contributed by atoms with Gasteiger partial charge in [-0.05, 0) is 49.2 Å². The Hall–Kier alpha value is -3.03. The molecule has 2 heterocycles. The molecule has 2 aromatic heterocycles. The van der Waals surface area contributed by atoms with E-state index in [-0.39, 0.29) is 17.0 Å². The summed E-state index contributed by atoms with van der Waals surface area (Å²) >= 11 is 0. The molecule has 140 valence electrons. The third-order valence-corrected chi connectivity index (χ3v) is 4.36. The molecule has 1 unspecified atom stereocenters. The summed E-state index contributed by atoms with van der Waals surface area (Å²) in [5.41, 5.74) is 0.746. The van der Waals surface area contributed by atoms with Crippen molar-refractivity contribution in [3.63, 3.8) is 0 Å². The highest BCUT2D eigenvalue weighted by Gasteiger charge is 2.31. The molecule has 1 N–H and O–H groups in total. The van der Waals surface area contributed by atoms with Crippen molar-refractivity contribution in [1.29, 1.82) is 0 Å². The standard InChI is InChI=1S/C19H15F4N3O/c1-10-11(2)18(16(20)12-4-3-7-24-9-12)26-25-17(10)14-6-5-13(8-15(14)27)19(21,22)23/h3-9,16,27H,1-2H3. The van der Waals surface area contributed by atoms with Gasteiger partial charge >= 0.3 is 6.18 Å². The zero-order valence-electron chi connectivity index (χ0n) is 14.4. The third kappa shape index (κ3) is 3.60. The van der Waals surface area contributed by atoms with E-state index in [1.54, 1.807) is 26.0 Å². The largest absolute Gasteiger partial charge is 0.507 e. The molecule has 3 rings (SSSR count). The molecule has 1 aromatic carbocycles. The second-order valence-corrected chi connectivity index (χ2v) is 6.06. The Bertz CT molecular complexity index is 975. The van der Waals surface area contributed by atoms with Crippen LogP contribution in [0.15, 0.2) is 42.7 Å². The highest BCUT2D eigenvalue weighted by molar-refractivity contribution is 5.71. The number of aromatic nitrogens is 3. The first kappa shape index (κ1) is 18.8. The Balaban J connectivity index is 2.03. The first-order valence-corrected chi connectivity index (χ1v) is 7.98. The maximum atomic E-state index is 14.8. The maximum absolute atomic E-state index is 14.8. The van der Waals surface area contributed by atoms with Crippen molar-refractivity contribution in [3.8, 4) is 17.0 Å². The van der Waals surface area contributed by atoms with Crippen LogP contribution in [0.2, 0.25) is 0 Å². The van der Waals surface area contributed by atoms with Crippen molar-refractivity contribution in [1.82, 2.24) is 15.2 Å². The number of phenolic OH excluding ortho intramolecular Hbond substituents is 1. The van der Waals surface area contributed by atoms with E-state index >= 15 is 0 Å². The summed E-state index contributed by atoms with van der Waals surface area (Å²) < 4.78 is 53.1. The summed E-state index contributed by atoms with van der Waals surface area (Å²) in [5.74, 6) is -0.571. The smallest absolute Gasteiger partial charge is 0.416 e. The number of halogens is 4. The lowest BCUT2D eigenvalue weighted by atomic mass is 9.97. The van der Waals surface area contributed by atoms with Crippen molar-refractivity contribution >= 4 is 0 Å². The van der Waals surface area contributed by atoms with Crippen molar-refractivity contribution in [2.45, 2.75) is 26.2 Å². The molecule has 27 heavy (non-hydrogen) atoms. The van der Waals surface area contributed by atoms with E-state index in [4.69, 9.17) is 0 Å². The predicted molar refractivity (Wildman–Crippen MR) is 90.8 cm³/mol. The maximum Gasteiger partial charge on any atom is 0.416 e. The van der Waals surface area contributed by atoms with Gasteiger partial charge in [0.1, 0.15) is 11.4 Å². The third-order valence-electron chi connectivity index (χ3n) is 4.36. The van der Waals surface area contributed by atoms with Crippen molar-refractivity contribution < 1.29 is 22.7 Å². The predicted octanol–water partition coefficient (Wildman–Crippen LogP) is 4.94. The van der Waals surface area contributed by atoms with Crippen LogP contribution in [0.1, 0.15) is 34.1 Å². The summed E-state index contributed by atoms with van der Waals surface area (Å²) in [7, 11) is 0. The number of hydrogen-bond acceptors (Lipinski definition) is 4. The minimum absolute atomic E-state index is 0.0932. The van der Waals surface area contributed by atoms with Crippen LogP contribution in [-0.4, -0.2) is 20.3 Å². The fourth-order valence-electron chi connectivity index (χ4n) is 2.71. The lowest BCUT2D eigenvalue weighted by molar-refractivity contribution is -0.137. The summed E-state index contributed by atoms with van der Waals surface area (Å²) in [4.78, 5) is 3.87. The second kappa shape index (κ2) is 6.94. The monoisotopic (exact) mass is 377 g/mol. The van der Waals surface area contributed by atoms with E-state index in [0.717, 1.165) is 12.1 Å². The topological polar surface area (TPSA) is 58.9 Å². The molecule has 0 fully saturated rings. The zero-order chi connectivity index (χ0) is 19.8. The van der Waals surface area contributed by atoms with E-state index in [2.05, 4.69) is 15.2 Å². The van der Waals surface area contributed by atoms with Gasteiger partial charge in [-0.15, -0.1) is 5.10 Å². The van der Waals surface area contributed by atoms with E-state index in [0.29, 0.717) is 22.8 Å². The minimum atomic E-state index is -4.57. The van der Waals surface area contributed by atoms with Crippen LogP contribution < -0.4 is 0 Å². The molecule has 0 radical (unpaired) electrons. The quantitative estimate of drug-likeness (QED) is 0.657. The highest BCUT2D eigenvalue weighted by atomic mass is 19.4. The molecule has 0 amide bonds. The number of rotatable bonds is 3. The Kier molecular flexibility index (Phi) is 4.82. The molecule has 0 aliphatic heterocycles. The average molecular weight is 377 g/mol. The molecule has 0 saturated carbocycles. The Morgan fingerprint density at radius 2 is 1.78 bits per heavy atom. The van der Waals surface area contributed by atoms with Crippen LogP contribution in [-0.2, 0) is 6.18 Å². The SMILES string of the molecule is Cc1c(-c2ccc(C(F)(F)F)cc2O)nnc(C(F)c2cccnc2)c1C. The Morgan fingerprint density at radius 1 is 1.04 bits per heavy atom. The van der Waals surface area contributed by atoms with Crippen molar-refractivity contribution in [2.24, 2.45) is 0 Å². The summed E-state index contributed by atoms with van der Waals surface area (Å²) in [6.45, 7) is 3.29. The van der Waals surface area contributed by atoms with Gasteiger partial charge in [0.15, 0.2) is 6.17 Å². The summed E-state index contributed by atoms with van der Waals surface area (Å²) in [6, 6.07) is 5.79. The van der Waals surface area contributed by atoms with Gasteiger partial charge in [-0.3, -0.25) is 4.98 Å². The zero-order valence-corrected chi connectivity index (χ0v) is 14.4. The normalized spacial score (nSPS) is 12.8. The fraction of sp³-hybridized carbons (Fsp3) is 0.211. The van der Waals surface area contributed by atoms with E-state index < -0.39 is 23.7 Å². The van der Waals surface area contributed by atoms with Crippen LogP contribution in [0.5, 0.6) is 5.75 Å². The Labute approximate surface area is 152 Å². The van der Waals surface area contributed by atoms with Gasteiger partial charge in [0.05, 0.1) is 11.3 Å². The number of pyridine rings is 1. The van der Waals surface area contributed by atoms with Gasteiger partial charge in [0.25, 0.3) is 0 Å². The number of alkyl halides is 4. The number of nitrogens with zero attached hydrogens (tertiary/aromatic N) is 3. The van der Waals surface area contributed by atoms with Gasteiger partial charge in [0.2, 0.25) is 0 Å². The van der Waals surface area contributed by atoms with Crippen LogP contribution in [0.4, 0.5) is 17.6 Å². The number of aromatic hydroxyl groups is 1. The lowest BCUT2D eigenvalue weighted by Crippen LogP contribution is -2.07. The average Bonchev–Trinajstić information content (AvgIpc) is 2.64. The number of hydrogen-bond donors (Lipinski definition) is 1. The molecule has 3 aromatic rings. The van der Waals surface area contributed by atoms with Crippen LogP contribution in [0.25, 0.3) is 11.3 Å². The number of benzene rings is 1. The van der Waals surface area contributed by atoms with E-state index in [1.807, 2.05) is 0 Å². The van der Waals surface area contributed by atoms with E-state index in [1.165, 1.54) is 12.4 Å². The lowest BCUT2D eigenvalue weighted by Gasteiger charge is -2.15. The second-order valence-electron chi connectivity index (χ2n) is 6.06.